The molecule has 0 aliphatic carbocycles. The highest BCUT2D eigenvalue weighted by Gasteiger charge is 1.34. The lowest BCUT2D eigenvalue weighted by Gasteiger charge is -1.31. The van der Waals surface area contributed by atoms with Gasteiger partial charge in [0.25, 0.3) is 0 Å². The molecule has 2 nitrogen and oxygen atoms in total. The molecule has 0 spiro atoms. The lowest BCUT2D eigenvalue weighted by atomic mass is 10.8. The summed E-state index contributed by atoms with van der Waals surface area (Å²) in [7, 11) is 0. The second-order valence-electron chi connectivity index (χ2n) is 0.333. The van der Waals surface area contributed by atoms with Gasteiger partial charge < -0.3 is 11.8 Å². The van der Waals surface area contributed by atoms with Crippen molar-refractivity contribution in [2.45, 2.75) is 0 Å². The molecule has 2 heteroatoms. The zero-order valence-corrected chi connectivity index (χ0v) is 3.18. The summed E-state index contributed by atoms with van der Waals surface area (Å²) in [5, 5.41) is 13.8. The van der Waals surface area contributed by atoms with Crippen LogP contribution in [0.2, 0.25) is 0 Å². The second kappa shape index (κ2) is 53.1. The first-order chi connectivity index (χ1) is 2.91. The first-order valence-corrected chi connectivity index (χ1v) is 1.14. The van der Waals surface area contributed by atoms with Crippen molar-refractivity contribution in [2.24, 2.45) is 0 Å². The minimum atomic E-state index is 1.18. The van der Waals surface area contributed by atoms with E-state index < -0.39 is 0 Å². The van der Waals surface area contributed by atoms with Gasteiger partial charge in [-0.15, -0.1) is 0 Å². The molecule has 0 aliphatic heterocycles. The third kappa shape index (κ3) is 103. The van der Waals surface area contributed by atoms with Gasteiger partial charge >= 0.3 is 0 Å². The molecule has 0 fully saturated rings. The van der Waals surface area contributed by atoms with Gasteiger partial charge in [-0.2, -0.15) is 5.26 Å². The van der Waals surface area contributed by atoms with Crippen molar-refractivity contribution >= 4 is 0 Å². The second-order valence-corrected chi connectivity index (χ2v) is 0.333. The maximum atomic E-state index is 7.51. The highest BCUT2D eigenvalue weighted by molar-refractivity contribution is 4.93. The van der Waals surface area contributed by atoms with E-state index in [1.807, 2.05) is 0 Å². The zero-order valence-electron chi connectivity index (χ0n) is 3.18. The SMILES string of the molecule is C=CC#N.[C-]#N. The predicted octanol–water partition coefficient (Wildman–Crippen LogP) is 0.792. The van der Waals surface area contributed by atoms with Crippen LogP contribution in [0.3, 0.4) is 0 Å². The smallest absolute Gasteiger partial charge is 0.0905 e. The lowest BCUT2D eigenvalue weighted by molar-refractivity contribution is 1.53. The van der Waals surface area contributed by atoms with Crippen molar-refractivity contribution in [1.82, 2.24) is 0 Å². The van der Waals surface area contributed by atoms with Crippen LogP contribution in [0.15, 0.2) is 12.7 Å². The summed E-state index contributed by atoms with van der Waals surface area (Å²) >= 11 is 0. The minimum absolute atomic E-state index is 1.18. The Morgan fingerprint density at radius 2 is 1.83 bits per heavy atom. The van der Waals surface area contributed by atoms with Crippen LogP contribution in [0, 0.1) is 23.2 Å². The molecule has 0 aromatic heterocycles. The number of rotatable bonds is 0. The molecule has 6 heavy (non-hydrogen) atoms. The van der Waals surface area contributed by atoms with E-state index in [9.17, 15) is 0 Å². The Bertz CT molecular complexity index is 75.3. The molecule has 0 unspecified atom stereocenters. The van der Waals surface area contributed by atoms with Gasteiger partial charge in [0.05, 0.1) is 6.07 Å². The van der Waals surface area contributed by atoms with Gasteiger partial charge in [0, 0.05) is 6.08 Å². The fourth-order valence-electron chi connectivity index (χ4n) is 0. The van der Waals surface area contributed by atoms with Crippen molar-refractivity contribution in [3.05, 3.63) is 19.2 Å². The highest BCUT2D eigenvalue weighted by Crippen LogP contribution is 1.41. The van der Waals surface area contributed by atoms with E-state index >= 15 is 0 Å². The van der Waals surface area contributed by atoms with Gasteiger partial charge in [-0.1, -0.05) is 6.58 Å². The average molecular weight is 79.1 g/mol. The summed E-state index contributed by atoms with van der Waals surface area (Å²) in [6.07, 6.45) is 1.18. The fourth-order valence-corrected chi connectivity index (χ4v) is 0. The van der Waals surface area contributed by atoms with Gasteiger partial charge in [0.15, 0.2) is 0 Å². The van der Waals surface area contributed by atoms with Crippen molar-refractivity contribution in [3.8, 4) is 6.07 Å². The molecule has 0 rings (SSSR count). The topological polar surface area (TPSA) is 47.6 Å². The van der Waals surface area contributed by atoms with E-state index in [0.717, 1.165) is 0 Å². The number of hydrogen-bond acceptors (Lipinski definition) is 2. The van der Waals surface area contributed by atoms with Crippen LogP contribution in [0.4, 0.5) is 0 Å². The third-order valence-electron chi connectivity index (χ3n) is 0.0913. The number of nitriles is 1. The molecular formula is C4H3N2-. The van der Waals surface area contributed by atoms with Crippen molar-refractivity contribution in [2.75, 3.05) is 0 Å². The molecule has 0 saturated carbocycles. The molecule has 0 N–H and O–H groups in total. The Hall–Kier alpha value is -1.28. The Balaban J connectivity index is 0. The summed E-state index contributed by atoms with van der Waals surface area (Å²) < 4.78 is 0. The van der Waals surface area contributed by atoms with Crippen molar-refractivity contribution in [1.29, 1.82) is 10.5 Å². The van der Waals surface area contributed by atoms with Gasteiger partial charge in [0.2, 0.25) is 0 Å². The van der Waals surface area contributed by atoms with E-state index in [1.54, 1.807) is 6.07 Å². The van der Waals surface area contributed by atoms with Crippen LogP contribution in [0.25, 0.3) is 0 Å². The number of hydrogen-bond donors (Lipinski definition) is 0. The van der Waals surface area contributed by atoms with E-state index in [4.69, 9.17) is 17.1 Å². The Morgan fingerprint density at radius 3 is 1.83 bits per heavy atom. The summed E-state index contributed by atoms with van der Waals surface area (Å²) in [5.41, 5.74) is 0. The van der Waals surface area contributed by atoms with Gasteiger partial charge in [0.1, 0.15) is 0 Å². The van der Waals surface area contributed by atoms with Gasteiger partial charge in [-0.3, -0.25) is 0 Å². The molecule has 0 aromatic rings. The maximum absolute atomic E-state index is 7.51. The monoisotopic (exact) mass is 79.0 g/mol. The van der Waals surface area contributed by atoms with Gasteiger partial charge in [-0.25, -0.2) is 0 Å². The normalized spacial score (nSPS) is 2.83. The molecule has 0 heterocycles. The Labute approximate surface area is 36.9 Å². The van der Waals surface area contributed by atoms with Crippen LogP contribution in [0.5, 0.6) is 0 Å². The highest BCUT2D eigenvalue weighted by atomic mass is 14.2. The Kier molecular flexibility index (Phi) is 78.1. The van der Waals surface area contributed by atoms with E-state index in [-0.39, 0.29) is 0 Å². The lowest BCUT2D eigenvalue weighted by Crippen LogP contribution is -1.23. The van der Waals surface area contributed by atoms with Gasteiger partial charge in [-0.05, 0) is 0 Å². The summed E-state index contributed by atoms with van der Waals surface area (Å²) in [4.78, 5) is 0. The molecule has 30 valence electrons. The Morgan fingerprint density at radius 1 is 1.67 bits per heavy atom. The maximum Gasteiger partial charge on any atom is 0.0905 e. The fraction of sp³-hybridized carbons (Fsp3) is 0. The van der Waals surface area contributed by atoms with Crippen LogP contribution >= 0.6 is 0 Å². The summed E-state index contributed by atoms with van der Waals surface area (Å²) in [6, 6.07) is 1.69. The van der Waals surface area contributed by atoms with E-state index in [2.05, 4.69) is 6.58 Å². The first-order valence-electron chi connectivity index (χ1n) is 1.14. The van der Waals surface area contributed by atoms with Crippen LogP contribution in [-0.4, -0.2) is 0 Å². The van der Waals surface area contributed by atoms with E-state index in [1.165, 1.54) is 6.08 Å². The van der Waals surface area contributed by atoms with Crippen molar-refractivity contribution < 1.29 is 0 Å². The van der Waals surface area contributed by atoms with Crippen LogP contribution < -0.4 is 0 Å². The number of nitrogens with zero attached hydrogens (tertiary/aromatic N) is 2. The van der Waals surface area contributed by atoms with Crippen LogP contribution in [0.1, 0.15) is 0 Å². The predicted molar refractivity (Wildman–Crippen MR) is 20.8 cm³/mol. The van der Waals surface area contributed by atoms with E-state index in [0.29, 0.717) is 0 Å². The zero-order chi connectivity index (χ0) is 5.41. The molecule has 0 amide bonds. The molecule has 0 atom stereocenters. The molecular weight excluding hydrogens is 76.1 g/mol. The number of allylic oxidation sites excluding steroid dienone is 1. The van der Waals surface area contributed by atoms with Crippen LogP contribution in [-0.2, 0) is 0 Å². The largest absolute Gasteiger partial charge is 0.512 e. The average Bonchev–Trinajstić information content (AvgIpc) is 1.72. The molecule has 0 radical (unpaired) electrons. The summed E-state index contributed by atoms with van der Waals surface area (Å²) in [6.45, 7) is 7.87. The molecule has 0 bridgehead atoms. The molecule has 0 saturated heterocycles. The van der Waals surface area contributed by atoms with Crippen molar-refractivity contribution in [3.63, 3.8) is 0 Å². The molecule has 0 aliphatic rings. The molecule has 0 aromatic carbocycles. The standard InChI is InChI=1S/C3H3N.CN/c1-2-3-4;1-2/h2H,1H2;/q;-1. The third-order valence-corrected chi connectivity index (χ3v) is 0.0913. The quantitative estimate of drug-likeness (QED) is 0.318. The first kappa shape index (κ1) is 8.83. The minimum Gasteiger partial charge on any atom is -0.512 e. The summed E-state index contributed by atoms with van der Waals surface area (Å²) in [5.74, 6) is 0.